The van der Waals surface area contributed by atoms with Gasteiger partial charge in [-0.25, -0.2) is 4.39 Å². The lowest BCUT2D eigenvalue weighted by molar-refractivity contribution is -0.359. The minimum absolute atomic E-state index is 0.971. The maximum Gasteiger partial charge on any atom is 0.365 e. The van der Waals surface area contributed by atoms with E-state index in [-0.39, 0.29) is 0 Å². The Bertz CT molecular complexity index is 346. The third-order valence-electron chi connectivity index (χ3n) is 2.63. The molecule has 0 amide bonds. The third kappa shape index (κ3) is 2.57. The molecule has 1 saturated heterocycles. The molecule has 0 aromatic carbocycles. The molecule has 0 aliphatic carbocycles. The molecule has 0 radical (unpaired) electrons. The average Bonchev–Trinajstić information content (AvgIpc) is 2.29. The van der Waals surface area contributed by atoms with Crippen LogP contribution in [-0.4, -0.2) is 78.0 Å². The maximum atomic E-state index is 13.5. The molecule has 1 heterocycles. The molecular weight excluding hydrogens is 278 g/mol. The van der Waals surface area contributed by atoms with Gasteiger partial charge in [0.25, 0.3) is 5.91 Å². The Morgan fingerprint density at radius 1 is 1.28 bits per heavy atom. The fourth-order valence-corrected chi connectivity index (χ4v) is 2.31. The number of hydrogen-bond donors (Lipinski definition) is 7. The smallest absolute Gasteiger partial charge is 0.365 e. The first-order valence-electron chi connectivity index (χ1n) is 4.80. The lowest BCUT2D eigenvalue weighted by Gasteiger charge is -2.46. The number of rotatable bonds is 3. The standard InChI is InChI=1S/C7H14FO9P/c8-6(18(14,15)16)7(13)5(12)4(11)3(10)2(1-9)17-7/h2-6,9-13H,1H2,(H2,14,15,16)/t2-,3-,4+,5-,6-,7-/m1/s1. The van der Waals surface area contributed by atoms with Gasteiger partial charge in [-0.3, -0.25) is 4.57 Å². The van der Waals surface area contributed by atoms with E-state index < -0.39 is 50.3 Å². The number of halogens is 1. The second-order valence-corrected chi connectivity index (χ2v) is 5.57. The molecule has 0 aromatic rings. The summed E-state index contributed by atoms with van der Waals surface area (Å²) >= 11 is 0. The van der Waals surface area contributed by atoms with Crippen LogP contribution in [0.1, 0.15) is 0 Å². The molecule has 1 fully saturated rings. The van der Waals surface area contributed by atoms with Crippen molar-refractivity contribution in [3.63, 3.8) is 0 Å². The Labute approximate surface area is 100 Å². The van der Waals surface area contributed by atoms with Crippen molar-refractivity contribution in [1.29, 1.82) is 0 Å². The van der Waals surface area contributed by atoms with E-state index in [4.69, 9.17) is 14.9 Å². The Morgan fingerprint density at radius 2 is 1.78 bits per heavy atom. The quantitative estimate of drug-likeness (QED) is 0.262. The maximum absolute atomic E-state index is 13.5. The fourth-order valence-electron chi connectivity index (χ4n) is 1.62. The van der Waals surface area contributed by atoms with Crippen LogP contribution in [0.5, 0.6) is 0 Å². The van der Waals surface area contributed by atoms with Crippen molar-refractivity contribution in [3.8, 4) is 0 Å². The van der Waals surface area contributed by atoms with E-state index in [2.05, 4.69) is 4.74 Å². The largest absolute Gasteiger partial charge is 0.394 e. The van der Waals surface area contributed by atoms with Gasteiger partial charge >= 0.3 is 7.60 Å². The highest BCUT2D eigenvalue weighted by Crippen LogP contribution is 2.50. The van der Waals surface area contributed by atoms with Gasteiger partial charge in [-0.2, -0.15) is 0 Å². The topological polar surface area (TPSA) is 168 Å². The fraction of sp³-hybridized carbons (Fsp3) is 1.00. The first-order valence-corrected chi connectivity index (χ1v) is 6.48. The molecule has 0 unspecified atom stereocenters. The molecule has 1 aliphatic heterocycles. The normalized spacial score (nSPS) is 43.8. The molecule has 1 aliphatic rings. The summed E-state index contributed by atoms with van der Waals surface area (Å²) in [6.45, 7) is -0.971. The summed E-state index contributed by atoms with van der Waals surface area (Å²) in [4.78, 5) is 17.2. The van der Waals surface area contributed by atoms with Gasteiger partial charge in [-0.1, -0.05) is 0 Å². The van der Waals surface area contributed by atoms with Gasteiger partial charge in [0.2, 0.25) is 5.79 Å². The predicted molar refractivity (Wildman–Crippen MR) is 51.9 cm³/mol. The Hall–Kier alpha value is -0.160. The lowest BCUT2D eigenvalue weighted by Crippen LogP contribution is -2.68. The second kappa shape index (κ2) is 5.08. The molecule has 0 bridgehead atoms. The van der Waals surface area contributed by atoms with E-state index in [0.717, 1.165) is 0 Å². The molecule has 0 saturated carbocycles. The van der Waals surface area contributed by atoms with Crippen LogP contribution in [0.3, 0.4) is 0 Å². The number of hydrogen-bond acceptors (Lipinski definition) is 7. The monoisotopic (exact) mass is 292 g/mol. The number of ether oxygens (including phenoxy) is 1. The SMILES string of the molecule is O=P(O)(O)[C@@H](F)[C@]1(O)O[C@H](CO)[C@@H](O)[C@H](O)[C@H]1O. The summed E-state index contributed by atoms with van der Waals surface area (Å²) in [6, 6.07) is 0. The second-order valence-electron chi connectivity index (χ2n) is 3.94. The number of aliphatic hydroxyl groups is 5. The molecule has 18 heavy (non-hydrogen) atoms. The summed E-state index contributed by atoms with van der Waals surface area (Å²) in [5, 5.41) is 46.4. The summed E-state index contributed by atoms with van der Waals surface area (Å²) in [7, 11) is -5.49. The zero-order valence-electron chi connectivity index (χ0n) is 8.87. The van der Waals surface area contributed by atoms with Crippen molar-refractivity contribution in [3.05, 3.63) is 0 Å². The van der Waals surface area contributed by atoms with Crippen molar-refractivity contribution < 1.29 is 49.0 Å². The highest BCUT2D eigenvalue weighted by Gasteiger charge is 2.61. The molecule has 11 heteroatoms. The van der Waals surface area contributed by atoms with Crippen molar-refractivity contribution in [2.45, 2.75) is 36.1 Å². The van der Waals surface area contributed by atoms with Crippen LogP contribution >= 0.6 is 7.60 Å². The van der Waals surface area contributed by atoms with Crippen LogP contribution in [0, 0.1) is 0 Å². The summed E-state index contributed by atoms with van der Waals surface area (Å²) in [5.41, 5.74) is 0. The zero-order valence-corrected chi connectivity index (χ0v) is 9.76. The van der Waals surface area contributed by atoms with E-state index in [9.17, 15) is 29.4 Å². The minimum atomic E-state index is -5.49. The number of aliphatic hydroxyl groups excluding tert-OH is 4. The van der Waals surface area contributed by atoms with Crippen LogP contribution in [-0.2, 0) is 9.30 Å². The van der Waals surface area contributed by atoms with Crippen LogP contribution < -0.4 is 0 Å². The van der Waals surface area contributed by atoms with Crippen LogP contribution in [0.25, 0.3) is 0 Å². The van der Waals surface area contributed by atoms with Gasteiger partial charge in [-0.05, 0) is 0 Å². The summed E-state index contributed by atoms with van der Waals surface area (Å²) in [6.07, 6.45) is -8.21. The first kappa shape index (κ1) is 15.9. The summed E-state index contributed by atoms with van der Waals surface area (Å²) < 4.78 is 28.6. The van der Waals surface area contributed by atoms with Gasteiger partial charge in [-0.15, -0.1) is 0 Å². The molecular formula is C7H14FO9P. The zero-order chi connectivity index (χ0) is 14.3. The van der Waals surface area contributed by atoms with Crippen LogP contribution in [0.4, 0.5) is 4.39 Å². The van der Waals surface area contributed by atoms with Gasteiger partial charge in [0.15, 0.2) is 0 Å². The van der Waals surface area contributed by atoms with Crippen LogP contribution in [0.2, 0.25) is 0 Å². The van der Waals surface area contributed by atoms with E-state index in [1.165, 1.54) is 0 Å². The van der Waals surface area contributed by atoms with Crippen molar-refractivity contribution in [1.82, 2.24) is 0 Å². The Balaban J connectivity index is 3.10. The van der Waals surface area contributed by atoms with E-state index in [0.29, 0.717) is 0 Å². The summed E-state index contributed by atoms with van der Waals surface area (Å²) in [5.74, 6) is -6.79. The van der Waals surface area contributed by atoms with Gasteiger partial charge < -0.3 is 40.1 Å². The lowest BCUT2D eigenvalue weighted by atomic mass is 9.93. The van der Waals surface area contributed by atoms with Crippen LogP contribution in [0.15, 0.2) is 0 Å². The minimum Gasteiger partial charge on any atom is -0.394 e. The highest BCUT2D eigenvalue weighted by atomic mass is 31.2. The van der Waals surface area contributed by atoms with Gasteiger partial charge in [0.05, 0.1) is 6.61 Å². The molecule has 9 nitrogen and oxygen atoms in total. The van der Waals surface area contributed by atoms with E-state index >= 15 is 0 Å². The van der Waals surface area contributed by atoms with E-state index in [1.54, 1.807) is 0 Å². The van der Waals surface area contributed by atoms with Crippen molar-refractivity contribution in [2.24, 2.45) is 0 Å². The third-order valence-corrected chi connectivity index (χ3v) is 3.60. The Morgan fingerprint density at radius 3 is 2.17 bits per heavy atom. The van der Waals surface area contributed by atoms with Gasteiger partial charge in [0.1, 0.15) is 24.4 Å². The molecule has 6 atom stereocenters. The molecule has 0 spiro atoms. The Kier molecular flexibility index (Phi) is 4.49. The molecule has 7 N–H and O–H groups in total. The highest BCUT2D eigenvalue weighted by molar-refractivity contribution is 7.52. The molecule has 0 aromatic heterocycles. The molecule has 108 valence electrons. The predicted octanol–water partition coefficient (Wildman–Crippen LogP) is -3.38. The van der Waals surface area contributed by atoms with Crippen molar-refractivity contribution >= 4 is 7.60 Å². The van der Waals surface area contributed by atoms with E-state index in [1.807, 2.05) is 0 Å². The molecule has 1 rings (SSSR count). The number of alkyl halides is 1. The van der Waals surface area contributed by atoms with Crippen molar-refractivity contribution in [2.75, 3.05) is 6.61 Å². The average molecular weight is 292 g/mol. The first-order chi connectivity index (χ1) is 8.05. The van der Waals surface area contributed by atoms with Gasteiger partial charge in [0, 0.05) is 0 Å².